The summed E-state index contributed by atoms with van der Waals surface area (Å²) in [5, 5.41) is 0. The van der Waals surface area contributed by atoms with E-state index < -0.39 is 0 Å². The summed E-state index contributed by atoms with van der Waals surface area (Å²) in [6.45, 7) is 10.4. The summed E-state index contributed by atoms with van der Waals surface area (Å²) in [7, 11) is 0. The lowest BCUT2D eigenvalue weighted by molar-refractivity contribution is 0.122. The number of hydrogen-bond donors (Lipinski definition) is 0. The Morgan fingerprint density at radius 2 is 1.63 bits per heavy atom. The first-order chi connectivity index (χ1) is 13.2. The fraction of sp³-hybridized carbons (Fsp3) is 0.500. The zero-order valence-electron chi connectivity index (χ0n) is 15.8. The number of ether oxygens (including phenoxy) is 1. The standard InChI is InChI=1S/C20H26BrN5O/c1-16-14-19(23-20(22-16)26-10-12-27-13-11-26)25-8-6-24(7-9-25)15-17-2-4-18(21)5-3-17/h2-5,14H,6-13,15H2,1H3. The molecule has 0 unspecified atom stereocenters. The van der Waals surface area contributed by atoms with Crippen LogP contribution in [0.5, 0.6) is 0 Å². The van der Waals surface area contributed by atoms with Crippen LogP contribution >= 0.6 is 15.9 Å². The molecule has 1 aromatic heterocycles. The van der Waals surface area contributed by atoms with Crippen LogP contribution < -0.4 is 9.80 Å². The number of anilines is 2. The number of benzene rings is 1. The van der Waals surface area contributed by atoms with E-state index in [-0.39, 0.29) is 0 Å². The molecule has 0 atom stereocenters. The lowest BCUT2D eigenvalue weighted by atomic mass is 10.2. The first-order valence-electron chi connectivity index (χ1n) is 9.57. The highest BCUT2D eigenvalue weighted by atomic mass is 79.9. The Hall–Kier alpha value is -1.70. The molecule has 0 bridgehead atoms. The van der Waals surface area contributed by atoms with Gasteiger partial charge in [-0.25, -0.2) is 4.98 Å². The van der Waals surface area contributed by atoms with Crippen molar-refractivity contribution in [3.05, 3.63) is 46.1 Å². The van der Waals surface area contributed by atoms with Crippen molar-refractivity contribution < 1.29 is 4.74 Å². The second-order valence-corrected chi connectivity index (χ2v) is 8.07. The van der Waals surface area contributed by atoms with E-state index in [4.69, 9.17) is 9.72 Å². The lowest BCUT2D eigenvalue weighted by Gasteiger charge is -2.36. The van der Waals surface area contributed by atoms with Crippen molar-refractivity contribution >= 4 is 27.7 Å². The fourth-order valence-corrected chi connectivity index (χ4v) is 3.85. The molecule has 2 aliphatic heterocycles. The number of morpholine rings is 1. The van der Waals surface area contributed by atoms with Gasteiger partial charge in [0, 0.05) is 62.0 Å². The molecule has 2 fully saturated rings. The van der Waals surface area contributed by atoms with Crippen LogP contribution in [0.3, 0.4) is 0 Å². The van der Waals surface area contributed by atoms with Gasteiger partial charge in [0.1, 0.15) is 5.82 Å². The molecular formula is C20H26BrN5O. The van der Waals surface area contributed by atoms with E-state index in [2.05, 4.69) is 72.9 Å². The van der Waals surface area contributed by atoms with Gasteiger partial charge in [-0.3, -0.25) is 4.90 Å². The Balaban J connectivity index is 1.38. The molecule has 0 radical (unpaired) electrons. The minimum Gasteiger partial charge on any atom is -0.378 e. The van der Waals surface area contributed by atoms with Crippen molar-refractivity contribution in [3.63, 3.8) is 0 Å². The molecule has 6 nitrogen and oxygen atoms in total. The predicted molar refractivity (Wildman–Crippen MR) is 111 cm³/mol. The maximum Gasteiger partial charge on any atom is 0.227 e. The molecule has 0 spiro atoms. The quantitative estimate of drug-likeness (QED) is 0.741. The van der Waals surface area contributed by atoms with Crippen LogP contribution in [0.2, 0.25) is 0 Å². The normalized spacial score (nSPS) is 18.7. The SMILES string of the molecule is Cc1cc(N2CCN(Cc3ccc(Br)cc3)CC2)nc(N2CCOCC2)n1. The first kappa shape index (κ1) is 18.7. The predicted octanol–water partition coefficient (Wildman–Crippen LogP) is 2.71. The van der Waals surface area contributed by atoms with Crippen molar-refractivity contribution in [2.75, 3.05) is 62.3 Å². The van der Waals surface area contributed by atoms with Gasteiger partial charge in [0.15, 0.2) is 0 Å². The zero-order valence-corrected chi connectivity index (χ0v) is 17.4. The van der Waals surface area contributed by atoms with Crippen molar-refractivity contribution in [1.29, 1.82) is 0 Å². The van der Waals surface area contributed by atoms with E-state index in [1.54, 1.807) is 0 Å². The minimum absolute atomic E-state index is 0.751. The molecule has 0 aliphatic carbocycles. The molecule has 3 heterocycles. The molecule has 0 amide bonds. The number of rotatable bonds is 4. The van der Waals surface area contributed by atoms with E-state index in [1.807, 2.05) is 0 Å². The van der Waals surface area contributed by atoms with Crippen LogP contribution in [0.15, 0.2) is 34.8 Å². The molecule has 4 rings (SSSR count). The van der Waals surface area contributed by atoms with Gasteiger partial charge in [-0.1, -0.05) is 28.1 Å². The van der Waals surface area contributed by atoms with E-state index in [1.165, 1.54) is 5.56 Å². The van der Waals surface area contributed by atoms with E-state index in [0.29, 0.717) is 0 Å². The highest BCUT2D eigenvalue weighted by molar-refractivity contribution is 9.10. The van der Waals surface area contributed by atoms with Gasteiger partial charge >= 0.3 is 0 Å². The van der Waals surface area contributed by atoms with Gasteiger partial charge < -0.3 is 14.5 Å². The topological polar surface area (TPSA) is 44.7 Å². The van der Waals surface area contributed by atoms with E-state index in [9.17, 15) is 0 Å². The highest BCUT2D eigenvalue weighted by Gasteiger charge is 2.21. The second-order valence-electron chi connectivity index (χ2n) is 7.16. The first-order valence-corrected chi connectivity index (χ1v) is 10.4. The Labute approximate surface area is 169 Å². The van der Waals surface area contributed by atoms with Crippen LogP contribution in [0.25, 0.3) is 0 Å². The molecule has 2 saturated heterocycles. The number of aromatic nitrogens is 2. The second kappa shape index (κ2) is 8.54. The number of halogens is 1. The third kappa shape index (κ3) is 4.78. The van der Waals surface area contributed by atoms with Gasteiger partial charge in [-0.15, -0.1) is 0 Å². The van der Waals surface area contributed by atoms with Crippen molar-refractivity contribution in [3.8, 4) is 0 Å². The van der Waals surface area contributed by atoms with Crippen molar-refractivity contribution in [2.45, 2.75) is 13.5 Å². The van der Waals surface area contributed by atoms with Gasteiger partial charge in [-0.05, 0) is 24.6 Å². The van der Waals surface area contributed by atoms with Crippen LogP contribution in [0, 0.1) is 6.92 Å². The molecule has 144 valence electrons. The largest absolute Gasteiger partial charge is 0.378 e. The lowest BCUT2D eigenvalue weighted by Crippen LogP contribution is -2.46. The van der Waals surface area contributed by atoms with Crippen molar-refractivity contribution in [2.24, 2.45) is 0 Å². The summed E-state index contributed by atoms with van der Waals surface area (Å²) in [5.41, 5.74) is 2.39. The Kier molecular flexibility index (Phi) is 5.90. The van der Waals surface area contributed by atoms with Gasteiger partial charge in [0.25, 0.3) is 0 Å². The summed E-state index contributed by atoms with van der Waals surface area (Å²) in [6, 6.07) is 10.7. The summed E-state index contributed by atoms with van der Waals surface area (Å²) in [4.78, 5) is 16.6. The van der Waals surface area contributed by atoms with Crippen LogP contribution in [0.1, 0.15) is 11.3 Å². The summed E-state index contributed by atoms with van der Waals surface area (Å²) in [6.07, 6.45) is 0. The number of aryl methyl sites for hydroxylation is 1. The Morgan fingerprint density at radius 3 is 2.33 bits per heavy atom. The Morgan fingerprint density at radius 1 is 0.926 bits per heavy atom. The maximum atomic E-state index is 5.45. The third-order valence-corrected chi connectivity index (χ3v) is 5.67. The van der Waals surface area contributed by atoms with Gasteiger partial charge in [0.2, 0.25) is 5.95 Å². The van der Waals surface area contributed by atoms with Gasteiger partial charge in [0.05, 0.1) is 13.2 Å². The van der Waals surface area contributed by atoms with Crippen LogP contribution in [0.4, 0.5) is 11.8 Å². The Bertz CT molecular complexity index is 755. The van der Waals surface area contributed by atoms with E-state index in [0.717, 1.165) is 81.0 Å². The average Bonchev–Trinajstić information content (AvgIpc) is 2.70. The monoisotopic (exact) mass is 431 g/mol. The molecule has 2 aromatic rings. The number of nitrogens with zero attached hydrogens (tertiary/aromatic N) is 5. The molecule has 27 heavy (non-hydrogen) atoms. The number of piperazine rings is 1. The van der Waals surface area contributed by atoms with Gasteiger partial charge in [-0.2, -0.15) is 4.98 Å². The zero-order chi connectivity index (χ0) is 18.6. The summed E-state index contributed by atoms with van der Waals surface area (Å²) in [5.74, 6) is 1.89. The minimum atomic E-state index is 0.751. The molecular weight excluding hydrogens is 406 g/mol. The number of hydrogen-bond acceptors (Lipinski definition) is 6. The summed E-state index contributed by atoms with van der Waals surface area (Å²) < 4.78 is 6.58. The summed E-state index contributed by atoms with van der Waals surface area (Å²) >= 11 is 3.50. The molecule has 2 aliphatic rings. The maximum absolute atomic E-state index is 5.45. The third-order valence-electron chi connectivity index (χ3n) is 5.14. The molecule has 7 heteroatoms. The average molecular weight is 432 g/mol. The van der Waals surface area contributed by atoms with E-state index >= 15 is 0 Å². The van der Waals surface area contributed by atoms with Crippen molar-refractivity contribution in [1.82, 2.24) is 14.9 Å². The van der Waals surface area contributed by atoms with Crippen LogP contribution in [-0.4, -0.2) is 67.4 Å². The molecule has 0 saturated carbocycles. The molecule has 1 aromatic carbocycles. The molecule has 0 N–H and O–H groups in total. The highest BCUT2D eigenvalue weighted by Crippen LogP contribution is 2.20. The van der Waals surface area contributed by atoms with Crippen LogP contribution in [-0.2, 0) is 11.3 Å². The fourth-order valence-electron chi connectivity index (χ4n) is 3.59. The smallest absolute Gasteiger partial charge is 0.227 e.